The number of rotatable bonds is 5. The van der Waals surface area contributed by atoms with Gasteiger partial charge in [-0.25, -0.2) is 24.9 Å². The van der Waals surface area contributed by atoms with E-state index in [0.29, 0.717) is 17.5 Å². The van der Waals surface area contributed by atoms with Gasteiger partial charge in [0.2, 0.25) is 0 Å². The number of aromatic nitrogens is 6. The van der Waals surface area contributed by atoms with Crippen LogP contribution in [-0.4, -0.2) is 37.2 Å². The van der Waals surface area contributed by atoms with Gasteiger partial charge in [0.1, 0.15) is 19.0 Å². The Morgan fingerprint density at radius 3 is 1.62 bits per heavy atom. The van der Waals surface area contributed by atoms with Crippen molar-refractivity contribution in [2.24, 2.45) is 0 Å². The molecule has 7 aromatic carbocycles. The van der Waals surface area contributed by atoms with Gasteiger partial charge >= 0.3 is 0 Å². The fourth-order valence-corrected chi connectivity index (χ4v) is 7.90. The molecule has 0 bridgehead atoms. The molecular formula is C49H31BN6. The van der Waals surface area contributed by atoms with Crippen LogP contribution in [0.3, 0.4) is 0 Å². The molecule has 0 aliphatic heterocycles. The third-order valence-electron chi connectivity index (χ3n) is 10.7. The molecule has 11 aromatic rings. The maximum absolute atomic E-state index is 5.23. The highest BCUT2D eigenvalue weighted by atomic mass is 15.0. The van der Waals surface area contributed by atoms with Crippen molar-refractivity contribution >= 4 is 62.4 Å². The lowest BCUT2D eigenvalue weighted by atomic mass is 9.90. The molecule has 0 saturated heterocycles. The number of nitrogens with zero attached hydrogens (tertiary/aromatic N) is 6. The van der Waals surface area contributed by atoms with E-state index in [4.69, 9.17) is 24.9 Å². The van der Waals surface area contributed by atoms with Crippen LogP contribution in [0.5, 0.6) is 0 Å². The Hall–Kier alpha value is -7.51. The van der Waals surface area contributed by atoms with E-state index in [1.165, 1.54) is 10.8 Å². The molecule has 0 spiro atoms. The van der Waals surface area contributed by atoms with Gasteiger partial charge in [-0.05, 0) is 69.1 Å². The van der Waals surface area contributed by atoms with Gasteiger partial charge in [0, 0.05) is 33.8 Å². The van der Waals surface area contributed by atoms with E-state index in [-0.39, 0.29) is 0 Å². The second-order valence-corrected chi connectivity index (χ2v) is 14.3. The summed E-state index contributed by atoms with van der Waals surface area (Å²) >= 11 is 0. The average Bonchev–Trinajstić information content (AvgIpc) is 3.65. The van der Waals surface area contributed by atoms with Crippen molar-refractivity contribution in [3.8, 4) is 56.5 Å². The first-order valence-electron chi connectivity index (χ1n) is 18.7. The highest BCUT2D eigenvalue weighted by molar-refractivity contribution is 6.41. The minimum Gasteiger partial charge on any atom is -0.298 e. The summed E-state index contributed by atoms with van der Waals surface area (Å²) in [5.74, 6) is 1.89. The lowest BCUT2D eigenvalue weighted by molar-refractivity contribution is 1.08. The van der Waals surface area contributed by atoms with Gasteiger partial charge in [-0.15, -0.1) is 0 Å². The standard InChI is InChI=1S/C49H31BN6/c50-40-15-8-16-41-43(40)45-46(56-26-6-5-17-42(56)52-45)44(51-41)33-22-18-32(19-23-33)36-13-7-14-37(27-36)47-53-48(38-24-20-30-9-1-3-11-34(30)28-38)55-49(54-47)39-25-21-31-10-2-4-12-35(31)29-39/h1-29H,50H2. The van der Waals surface area contributed by atoms with Gasteiger partial charge in [-0.3, -0.25) is 4.40 Å². The summed E-state index contributed by atoms with van der Waals surface area (Å²) in [6.07, 6.45) is 2.07. The molecule has 260 valence electrons. The molecule has 0 radical (unpaired) electrons. The molecule has 4 heterocycles. The Balaban J connectivity index is 1.02. The van der Waals surface area contributed by atoms with E-state index in [2.05, 4.69) is 170 Å². The third kappa shape index (κ3) is 5.40. The van der Waals surface area contributed by atoms with Crippen molar-refractivity contribution in [1.82, 2.24) is 29.3 Å². The second-order valence-electron chi connectivity index (χ2n) is 14.3. The predicted molar refractivity (Wildman–Crippen MR) is 232 cm³/mol. The smallest absolute Gasteiger partial charge is 0.164 e. The lowest BCUT2D eigenvalue weighted by Gasteiger charge is -2.11. The molecular weight excluding hydrogens is 683 g/mol. The molecule has 6 nitrogen and oxygen atoms in total. The first kappa shape index (κ1) is 32.0. The van der Waals surface area contributed by atoms with Crippen LogP contribution in [0.25, 0.3) is 106 Å². The molecule has 0 aliphatic carbocycles. The monoisotopic (exact) mass is 714 g/mol. The first-order chi connectivity index (χ1) is 27.6. The lowest BCUT2D eigenvalue weighted by Crippen LogP contribution is -2.05. The fraction of sp³-hybridized carbons (Fsp3) is 0. The molecule has 0 N–H and O–H groups in total. The molecule has 4 aromatic heterocycles. The molecule has 0 atom stereocenters. The van der Waals surface area contributed by atoms with E-state index in [9.17, 15) is 0 Å². The quantitative estimate of drug-likeness (QED) is 0.166. The van der Waals surface area contributed by atoms with Gasteiger partial charge in [0.05, 0.1) is 16.7 Å². The molecule has 56 heavy (non-hydrogen) atoms. The van der Waals surface area contributed by atoms with E-state index >= 15 is 0 Å². The van der Waals surface area contributed by atoms with Crippen molar-refractivity contribution in [3.63, 3.8) is 0 Å². The van der Waals surface area contributed by atoms with E-state index in [0.717, 1.165) is 82.9 Å². The summed E-state index contributed by atoms with van der Waals surface area (Å²) in [5, 5.41) is 5.72. The molecule has 0 fully saturated rings. The minimum absolute atomic E-state index is 0.621. The van der Waals surface area contributed by atoms with Gasteiger partial charge in [-0.1, -0.05) is 139 Å². The van der Waals surface area contributed by atoms with Crippen molar-refractivity contribution in [2.75, 3.05) is 0 Å². The zero-order valence-corrected chi connectivity index (χ0v) is 30.4. The SMILES string of the molecule is Bc1cccc2nc(-c3ccc(-c4cccc(-c5nc(-c6ccc7ccccc7c6)nc(-c6ccc7ccccc7c6)n5)c4)cc3)c3c(nc4ccccn43)c12. The highest BCUT2D eigenvalue weighted by Gasteiger charge is 2.18. The first-order valence-corrected chi connectivity index (χ1v) is 18.7. The van der Waals surface area contributed by atoms with Crippen LogP contribution in [0.1, 0.15) is 0 Å². The van der Waals surface area contributed by atoms with Crippen LogP contribution < -0.4 is 5.46 Å². The summed E-state index contributed by atoms with van der Waals surface area (Å²) in [6.45, 7) is 0. The molecule has 0 saturated carbocycles. The zero-order valence-electron chi connectivity index (χ0n) is 30.4. The Morgan fingerprint density at radius 2 is 0.946 bits per heavy atom. The summed E-state index contributed by atoms with van der Waals surface area (Å²) in [7, 11) is 2.13. The van der Waals surface area contributed by atoms with E-state index in [1.807, 2.05) is 18.2 Å². The van der Waals surface area contributed by atoms with Crippen molar-refractivity contribution in [2.45, 2.75) is 0 Å². The number of imidazole rings is 1. The Kier molecular flexibility index (Phi) is 7.32. The summed E-state index contributed by atoms with van der Waals surface area (Å²) in [4.78, 5) is 25.6. The van der Waals surface area contributed by atoms with E-state index in [1.54, 1.807) is 0 Å². The summed E-state index contributed by atoms with van der Waals surface area (Å²) in [6, 6.07) is 58.9. The number of benzene rings is 7. The maximum atomic E-state index is 5.23. The fourth-order valence-electron chi connectivity index (χ4n) is 7.90. The molecule has 11 rings (SSSR count). The average molecular weight is 715 g/mol. The molecule has 0 unspecified atom stereocenters. The Labute approximate surface area is 323 Å². The highest BCUT2D eigenvalue weighted by Crippen LogP contribution is 2.35. The number of fused-ring (bicyclic) bond motifs is 7. The number of hydrogen-bond donors (Lipinski definition) is 0. The summed E-state index contributed by atoms with van der Waals surface area (Å²) < 4.78 is 2.15. The van der Waals surface area contributed by atoms with Crippen LogP contribution in [0.4, 0.5) is 0 Å². The van der Waals surface area contributed by atoms with Crippen LogP contribution in [-0.2, 0) is 0 Å². The van der Waals surface area contributed by atoms with Crippen molar-refractivity contribution in [1.29, 1.82) is 0 Å². The number of pyridine rings is 2. The predicted octanol–water partition coefficient (Wildman–Crippen LogP) is 10.1. The van der Waals surface area contributed by atoms with Crippen LogP contribution in [0, 0.1) is 0 Å². The number of hydrogen-bond acceptors (Lipinski definition) is 5. The Morgan fingerprint density at radius 1 is 0.393 bits per heavy atom. The van der Waals surface area contributed by atoms with Crippen LogP contribution in [0.2, 0.25) is 0 Å². The van der Waals surface area contributed by atoms with Gasteiger partial charge in [-0.2, -0.15) is 0 Å². The summed E-state index contributed by atoms with van der Waals surface area (Å²) in [5.41, 5.74) is 11.9. The van der Waals surface area contributed by atoms with E-state index < -0.39 is 0 Å². The van der Waals surface area contributed by atoms with Crippen LogP contribution in [0.15, 0.2) is 176 Å². The minimum atomic E-state index is 0.621. The largest absolute Gasteiger partial charge is 0.298 e. The van der Waals surface area contributed by atoms with Crippen molar-refractivity contribution < 1.29 is 0 Å². The zero-order chi connectivity index (χ0) is 37.2. The normalized spacial score (nSPS) is 11.6. The second kappa shape index (κ2) is 12.8. The molecule has 0 amide bonds. The van der Waals surface area contributed by atoms with Crippen molar-refractivity contribution in [3.05, 3.63) is 176 Å². The Bertz CT molecular complexity index is 3240. The third-order valence-corrected chi connectivity index (χ3v) is 10.7. The molecule has 0 aliphatic rings. The van der Waals surface area contributed by atoms with Gasteiger partial charge < -0.3 is 0 Å². The molecule has 7 heteroatoms. The maximum Gasteiger partial charge on any atom is 0.164 e. The van der Waals surface area contributed by atoms with Crippen LogP contribution >= 0.6 is 0 Å². The van der Waals surface area contributed by atoms with Gasteiger partial charge in [0.25, 0.3) is 0 Å². The van der Waals surface area contributed by atoms with Gasteiger partial charge in [0.15, 0.2) is 17.5 Å². The topological polar surface area (TPSA) is 68.9 Å².